The van der Waals surface area contributed by atoms with Crippen LogP contribution in [-0.4, -0.2) is 17.6 Å². The summed E-state index contributed by atoms with van der Waals surface area (Å²) in [6.45, 7) is 9.92. The van der Waals surface area contributed by atoms with Gasteiger partial charge in [0.1, 0.15) is 5.52 Å². The Bertz CT molecular complexity index is 492. The van der Waals surface area contributed by atoms with Crippen molar-refractivity contribution in [1.82, 2.24) is 10.3 Å². The van der Waals surface area contributed by atoms with Crippen LogP contribution in [0.25, 0.3) is 11.1 Å². The van der Waals surface area contributed by atoms with Gasteiger partial charge in [-0.25, -0.2) is 4.98 Å². The van der Waals surface area contributed by atoms with Crippen LogP contribution in [0.2, 0.25) is 0 Å². The third kappa shape index (κ3) is 4.06. The summed E-state index contributed by atoms with van der Waals surface area (Å²) in [5.41, 5.74) is 2.13. The number of nitrogens with zero attached hydrogens (tertiary/aromatic N) is 1. The molecule has 19 heavy (non-hydrogen) atoms. The molecule has 104 valence electrons. The average molecular weight is 260 g/mol. The molecule has 0 amide bonds. The molecule has 2 aromatic rings. The Morgan fingerprint density at radius 3 is 2.63 bits per heavy atom. The Kier molecular flexibility index (Phi) is 4.25. The number of hydrogen-bond acceptors (Lipinski definition) is 3. The number of likely N-dealkylation sites (N-methyl/N-ethyl adjacent to an activating group) is 1. The normalized spacial score (nSPS) is 13.9. The molecule has 1 N–H and O–H groups in total. The summed E-state index contributed by atoms with van der Waals surface area (Å²) >= 11 is 0. The van der Waals surface area contributed by atoms with E-state index >= 15 is 0 Å². The third-order valence-electron chi connectivity index (χ3n) is 3.11. The number of aromatic nitrogens is 1. The molecule has 0 spiro atoms. The first-order chi connectivity index (χ1) is 8.98. The molecule has 3 nitrogen and oxygen atoms in total. The Labute approximate surface area is 115 Å². The largest absolute Gasteiger partial charge is 0.441 e. The highest BCUT2D eigenvalue weighted by Gasteiger charge is 2.20. The van der Waals surface area contributed by atoms with Crippen LogP contribution in [0.4, 0.5) is 0 Å². The van der Waals surface area contributed by atoms with Crippen LogP contribution >= 0.6 is 0 Å². The second-order valence-electron chi connectivity index (χ2n) is 6.30. The Morgan fingerprint density at radius 2 is 2.00 bits per heavy atom. The maximum atomic E-state index is 5.81. The van der Waals surface area contributed by atoms with Crippen LogP contribution in [-0.2, 0) is 6.42 Å². The topological polar surface area (TPSA) is 38.1 Å². The minimum atomic E-state index is 0.304. The summed E-state index contributed by atoms with van der Waals surface area (Å²) in [7, 11) is 0. The summed E-state index contributed by atoms with van der Waals surface area (Å²) in [5.74, 6) is 0.830. The van der Waals surface area contributed by atoms with Crippen LogP contribution in [0.5, 0.6) is 0 Å². The molecular formula is C16H24N2O. The van der Waals surface area contributed by atoms with Crippen molar-refractivity contribution in [3.63, 3.8) is 0 Å². The number of oxazole rings is 1. The summed E-state index contributed by atoms with van der Waals surface area (Å²) in [6, 6.07) is 8.35. The number of benzene rings is 1. The van der Waals surface area contributed by atoms with Crippen LogP contribution < -0.4 is 5.32 Å². The molecule has 0 aliphatic heterocycles. The van der Waals surface area contributed by atoms with Gasteiger partial charge in [-0.15, -0.1) is 0 Å². The maximum Gasteiger partial charge on any atom is 0.197 e. The van der Waals surface area contributed by atoms with Crippen LogP contribution in [0.3, 0.4) is 0 Å². The monoisotopic (exact) mass is 260 g/mol. The van der Waals surface area contributed by atoms with E-state index in [4.69, 9.17) is 4.42 Å². The van der Waals surface area contributed by atoms with Crippen molar-refractivity contribution in [2.45, 2.75) is 46.6 Å². The van der Waals surface area contributed by atoms with E-state index in [1.807, 2.05) is 24.3 Å². The minimum absolute atomic E-state index is 0.304. The Hall–Kier alpha value is -1.35. The van der Waals surface area contributed by atoms with Gasteiger partial charge in [-0.1, -0.05) is 39.8 Å². The van der Waals surface area contributed by atoms with Gasteiger partial charge in [0.2, 0.25) is 0 Å². The fraction of sp³-hybridized carbons (Fsp3) is 0.562. The van der Waals surface area contributed by atoms with Crippen molar-refractivity contribution in [1.29, 1.82) is 0 Å². The fourth-order valence-electron chi connectivity index (χ4n) is 2.46. The maximum absolute atomic E-state index is 5.81. The highest BCUT2D eigenvalue weighted by atomic mass is 16.3. The van der Waals surface area contributed by atoms with Gasteiger partial charge < -0.3 is 9.73 Å². The highest BCUT2D eigenvalue weighted by molar-refractivity contribution is 5.72. The number of fused-ring (bicyclic) bond motifs is 1. The van der Waals surface area contributed by atoms with Crippen molar-refractivity contribution >= 4 is 11.1 Å². The summed E-state index contributed by atoms with van der Waals surface area (Å²) in [6.07, 6.45) is 1.96. The fourth-order valence-corrected chi connectivity index (χ4v) is 2.46. The van der Waals surface area contributed by atoms with Gasteiger partial charge in [-0.3, -0.25) is 0 Å². The number of hydrogen-bond donors (Lipinski definition) is 1. The molecule has 1 atom stereocenters. The molecule has 0 aliphatic carbocycles. The minimum Gasteiger partial charge on any atom is -0.441 e. The third-order valence-corrected chi connectivity index (χ3v) is 3.11. The molecule has 0 bridgehead atoms. The predicted octanol–water partition coefficient (Wildman–Crippen LogP) is 3.78. The number of para-hydroxylation sites is 2. The van der Waals surface area contributed by atoms with Crippen molar-refractivity contribution in [2.24, 2.45) is 5.41 Å². The second-order valence-corrected chi connectivity index (χ2v) is 6.30. The predicted molar refractivity (Wildman–Crippen MR) is 79.2 cm³/mol. The molecule has 2 rings (SSSR count). The lowest BCUT2D eigenvalue weighted by molar-refractivity contribution is 0.299. The summed E-state index contributed by atoms with van der Waals surface area (Å²) in [5, 5.41) is 3.53. The van der Waals surface area contributed by atoms with E-state index in [0.717, 1.165) is 36.4 Å². The molecule has 0 fully saturated rings. The number of rotatable bonds is 5. The highest BCUT2D eigenvalue weighted by Crippen LogP contribution is 2.23. The molecular weight excluding hydrogens is 236 g/mol. The molecule has 1 aromatic carbocycles. The molecule has 1 heterocycles. The Morgan fingerprint density at radius 1 is 1.26 bits per heavy atom. The van der Waals surface area contributed by atoms with E-state index in [1.54, 1.807) is 0 Å². The van der Waals surface area contributed by atoms with Crippen molar-refractivity contribution < 1.29 is 4.42 Å². The Balaban J connectivity index is 2.11. The van der Waals surface area contributed by atoms with Crippen LogP contribution in [0.15, 0.2) is 28.7 Å². The zero-order valence-corrected chi connectivity index (χ0v) is 12.4. The van der Waals surface area contributed by atoms with Crippen LogP contribution in [0, 0.1) is 5.41 Å². The first-order valence-electron chi connectivity index (χ1n) is 7.06. The van der Waals surface area contributed by atoms with Gasteiger partial charge in [0.05, 0.1) is 0 Å². The lowest BCUT2D eigenvalue weighted by Crippen LogP contribution is -2.34. The van der Waals surface area contributed by atoms with Crippen molar-refractivity contribution in [3.05, 3.63) is 30.2 Å². The average Bonchev–Trinajstić information content (AvgIpc) is 2.69. The van der Waals surface area contributed by atoms with E-state index in [0.29, 0.717) is 11.5 Å². The lowest BCUT2D eigenvalue weighted by atomic mass is 9.87. The van der Waals surface area contributed by atoms with Gasteiger partial charge >= 0.3 is 0 Å². The van der Waals surface area contributed by atoms with Crippen molar-refractivity contribution in [3.8, 4) is 0 Å². The SMILES string of the molecule is CCNC(Cc1nc2ccccc2o1)CC(C)(C)C. The molecule has 0 radical (unpaired) electrons. The lowest BCUT2D eigenvalue weighted by Gasteiger charge is -2.25. The summed E-state index contributed by atoms with van der Waals surface area (Å²) in [4.78, 5) is 4.56. The first-order valence-corrected chi connectivity index (χ1v) is 7.06. The van der Waals surface area contributed by atoms with Gasteiger partial charge in [0, 0.05) is 12.5 Å². The van der Waals surface area contributed by atoms with E-state index in [-0.39, 0.29) is 0 Å². The molecule has 1 aromatic heterocycles. The van der Waals surface area contributed by atoms with Gasteiger partial charge in [-0.2, -0.15) is 0 Å². The van der Waals surface area contributed by atoms with Gasteiger partial charge in [0.15, 0.2) is 11.5 Å². The zero-order chi connectivity index (χ0) is 13.9. The molecule has 3 heteroatoms. The van der Waals surface area contributed by atoms with E-state index in [2.05, 4.69) is 38.0 Å². The molecule has 0 saturated carbocycles. The molecule has 0 aliphatic rings. The smallest absolute Gasteiger partial charge is 0.197 e. The van der Waals surface area contributed by atoms with E-state index in [9.17, 15) is 0 Å². The van der Waals surface area contributed by atoms with Crippen molar-refractivity contribution in [2.75, 3.05) is 6.54 Å². The molecule has 0 saturated heterocycles. The summed E-state index contributed by atoms with van der Waals surface area (Å²) < 4.78 is 5.81. The van der Waals surface area contributed by atoms with Gasteiger partial charge in [-0.05, 0) is 30.5 Å². The first kappa shape index (κ1) is 14.1. The van der Waals surface area contributed by atoms with Gasteiger partial charge in [0.25, 0.3) is 0 Å². The zero-order valence-electron chi connectivity index (χ0n) is 12.4. The van der Waals surface area contributed by atoms with E-state index < -0.39 is 0 Å². The van der Waals surface area contributed by atoms with E-state index in [1.165, 1.54) is 0 Å². The standard InChI is InChI=1S/C16H24N2O/c1-5-17-12(11-16(2,3)4)10-15-18-13-8-6-7-9-14(13)19-15/h6-9,12,17H,5,10-11H2,1-4H3. The molecule has 1 unspecified atom stereocenters. The second kappa shape index (κ2) is 5.74. The quantitative estimate of drug-likeness (QED) is 0.889. The van der Waals surface area contributed by atoms with Crippen LogP contribution in [0.1, 0.15) is 40.0 Å². The number of nitrogens with one attached hydrogen (secondary N) is 1.